The Kier molecular flexibility index (Phi) is 7.76. The van der Waals surface area contributed by atoms with Crippen LogP contribution in [-0.2, 0) is 20.9 Å². The van der Waals surface area contributed by atoms with Crippen molar-refractivity contribution in [2.45, 2.75) is 32.7 Å². The summed E-state index contributed by atoms with van der Waals surface area (Å²) in [4.78, 5) is 26.5. The van der Waals surface area contributed by atoms with Crippen LogP contribution in [0, 0.1) is 0 Å². The smallest absolute Gasteiger partial charge is 0.338 e. The van der Waals surface area contributed by atoms with Crippen LogP contribution in [0.2, 0.25) is 5.02 Å². The molecule has 0 spiro atoms. The summed E-state index contributed by atoms with van der Waals surface area (Å²) in [5.41, 5.74) is 1.10. The van der Waals surface area contributed by atoms with Gasteiger partial charge in [-0.3, -0.25) is 4.79 Å². The van der Waals surface area contributed by atoms with E-state index in [2.05, 4.69) is 0 Å². The van der Waals surface area contributed by atoms with E-state index in [-0.39, 0.29) is 36.9 Å². The Bertz CT molecular complexity index is 924. The van der Waals surface area contributed by atoms with Crippen molar-refractivity contribution in [2.75, 3.05) is 26.8 Å². The molecule has 2 aromatic carbocycles. The zero-order valence-electron chi connectivity index (χ0n) is 17.8. The summed E-state index contributed by atoms with van der Waals surface area (Å²) in [6.07, 6.45) is -0.100. The average molecular weight is 448 g/mol. The molecule has 0 N–H and O–H groups in total. The number of hydrogen-bond donors (Lipinski definition) is 0. The van der Waals surface area contributed by atoms with E-state index in [1.165, 1.54) is 13.2 Å². The summed E-state index contributed by atoms with van der Waals surface area (Å²) in [6.45, 7) is 4.70. The lowest BCUT2D eigenvalue weighted by atomic mass is 10.2. The van der Waals surface area contributed by atoms with Crippen LogP contribution >= 0.6 is 11.6 Å². The summed E-state index contributed by atoms with van der Waals surface area (Å²) >= 11 is 6.15. The molecule has 2 aromatic rings. The predicted molar refractivity (Wildman–Crippen MR) is 116 cm³/mol. The number of carbonyl (C=O) groups is 2. The van der Waals surface area contributed by atoms with Crippen molar-refractivity contribution in [3.8, 4) is 11.5 Å². The number of hydrogen-bond acceptors (Lipinski definition) is 6. The highest BCUT2D eigenvalue weighted by atomic mass is 35.5. The second-order valence-corrected chi connectivity index (χ2v) is 7.79. The van der Waals surface area contributed by atoms with Crippen LogP contribution in [0.5, 0.6) is 11.5 Å². The molecule has 166 valence electrons. The lowest BCUT2D eigenvalue weighted by Gasteiger charge is -2.35. The van der Waals surface area contributed by atoms with Crippen LogP contribution in [0.3, 0.4) is 0 Å². The van der Waals surface area contributed by atoms with Crippen LogP contribution in [0.4, 0.5) is 0 Å². The Labute approximate surface area is 186 Å². The molecular weight excluding hydrogens is 422 g/mol. The van der Waals surface area contributed by atoms with Crippen molar-refractivity contribution in [3.63, 3.8) is 0 Å². The molecule has 2 unspecified atom stereocenters. The van der Waals surface area contributed by atoms with Crippen LogP contribution in [0.25, 0.3) is 0 Å². The highest BCUT2D eigenvalue weighted by Gasteiger charge is 2.26. The number of benzene rings is 2. The molecule has 1 fully saturated rings. The first-order valence-electron chi connectivity index (χ1n) is 10.0. The number of morpholine rings is 1. The van der Waals surface area contributed by atoms with E-state index in [4.69, 9.17) is 30.5 Å². The number of amides is 1. The largest absolute Gasteiger partial charge is 0.493 e. The molecule has 8 heteroatoms. The molecule has 3 rings (SSSR count). The quantitative estimate of drug-likeness (QED) is 0.602. The molecule has 1 aliphatic rings. The summed E-state index contributed by atoms with van der Waals surface area (Å²) in [6, 6.07) is 12.1. The van der Waals surface area contributed by atoms with Crippen molar-refractivity contribution in [2.24, 2.45) is 0 Å². The van der Waals surface area contributed by atoms with Crippen molar-refractivity contribution < 1.29 is 28.5 Å². The molecular formula is C23H26ClNO6. The first-order chi connectivity index (χ1) is 14.9. The van der Waals surface area contributed by atoms with E-state index in [1.54, 1.807) is 23.1 Å². The van der Waals surface area contributed by atoms with E-state index in [9.17, 15) is 9.59 Å². The molecule has 0 aliphatic carbocycles. The van der Waals surface area contributed by atoms with Crippen molar-refractivity contribution in [1.82, 2.24) is 4.90 Å². The third-order valence-corrected chi connectivity index (χ3v) is 5.21. The molecule has 1 aliphatic heterocycles. The van der Waals surface area contributed by atoms with E-state index < -0.39 is 5.97 Å². The molecule has 7 nitrogen and oxygen atoms in total. The maximum Gasteiger partial charge on any atom is 0.338 e. The summed E-state index contributed by atoms with van der Waals surface area (Å²) in [7, 11) is 1.48. The number of halogens is 1. The van der Waals surface area contributed by atoms with Gasteiger partial charge >= 0.3 is 5.97 Å². The first-order valence-corrected chi connectivity index (χ1v) is 10.4. The van der Waals surface area contributed by atoms with Crippen molar-refractivity contribution in [1.29, 1.82) is 0 Å². The number of carbonyl (C=O) groups excluding carboxylic acids is 2. The van der Waals surface area contributed by atoms with Crippen LogP contribution in [0.15, 0.2) is 42.5 Å². The first kappa shape index (κ1) is 22.9. The minimum absolute atomic E-state index is 0.0500. The maximum atomic E-state index is 12.4. The summed E-state index contributed by atoms with van der Waals surface area (Å²) in [5.74, 6) is -0.0179. The van der Waals surface area contributed by atoms with Gasteiger partial charge in [-0.1, -0.05) is 29.8 Å². The number of esters is 1. The molecule has 0 saturated carbocycles. The monoisotopic (exact) mass is 447 g/mol. The van der Waals surface area contributed by atoms with Gasteiger partial charge < -0.3 is 23.8 Å². The van der Waals surface area contributed by atoms with Gasteiger partial charge in [-0.25, -0.2) is 4.79 Å². The van der Waals surface area contributed by atoms with Gasteiger partial charge in [0.15, 0.2) is 18.1 Å². The number of nitrogens with zero attached hydrogens (tertiary/aromatic N) is 1. The van der Waals surface area contributed by atoms with E-state index in [0.29, 0.717) is 29.6 Å². The summed E-state index contributed by atoms with van der Waals surface area (Å²) < 4.78 is 22.0. The van der Waals surface area contributed by atoms with Gasteiger partial charge in [0, 0.05) is 23.7 Å². The fraction of sp³-hybridized carbons (Fsp3) is 0.391. The van der Waals surface area contributed by atoms with Gasteiger partial charge in [-0.05, 0) is 38.1 Å². The fourth-order valence-corrected chi connectivity index (χ4v) is 3.56. The highest BCUT2D eigenvalue weighted by molar-refractivity contribution is 6.31. The van der Waals surface area contributed by atoms with Gasteiger partial charge in [0.05, 0.1) is 24.9 Å². The van der Waals surface area contributed by atoms with Gasteiger partial charge in [0.2, 0.25) is 0 Å². The Morgan fingerprint density at radius 3 is 2.48 bits per heavy atom. The van der Waals surface area contributed by atoms with Gasteiger partial charge in [0.25, 0.3) is 5.91 Å². The normalized spacial score (nSPS) is 18.4. The standard InChI is InChI=1S/C23H26ClNO6/c1-15-11-25(12-16(2)31-15)22(26)14-30-23(27)17-8-9-20(21(10-17)28-3)29-13-18-6-4-5-7-19(18)24/h4-10,15-16H,11-14H2,1-3H3. The molecule has 31 heavy (non-hydrogen) atoms. The Balaban J connectivity index is 1.58. The Hall–Kier alpha value is -2.77. The third-order valence-electron chi connectivity index (χ3n) is 4.84. The lowest BCUT2D eigenvalue weighted by molar-refractivity contribution is -0.146. The van der Waals surface area contributed by atoms with Gasteiger partial charge in [0.1, 0.15) is 6.61 Å². The van der Waals surface area contributed by atoms with Crippen LogP contribution in [0.1, 0.15) is 29.8 Å². The van der Waals surface area contributed by atoms with E-state index >= 15 is 0 Å². The number of ether oxygens (including phenoxy) is 4. The molecule has 2 atom stereocenters. The topological polar surface area (TPSA) is 74.3 Å². The number of methoxy groups -OCH3 is 1. The lowest BCUT2D eigenvalue weighted by Crippen LogP contribution is -2.49. The van der Waals surface area contributed by atoms with E-state index in [0.717, 1.165) is 5.56 Å². The molecule has 0 aromatic heterocycles. The molecule has 0 bridgehead atoms. The fourth-order valence-electron chi connectivity index (χ4n) is 3.37. The average Bonchev–Trinajstić information content (AvgIpc) is 2.75. The molecule has 1 heterocycles. The van der Waals surface area contributed by atoms with E-state index in [1.807, 2.05) is 32.0 Å². The van der Waals surface area contributed by atoms with Crippen molar-refractivity contribution >= 4 is 23.5 Å². The third kappa shape index (κ3) is 6.12. The maximum absolute atomic E-state index is 12.4. The van der Waals surface area contributed by atoms with Crippen molar-refractivity contribution in [3.05, 3.63) is 58.6 Å². The zero-order valence-corrected chi connectivity index (χ0v) is 18.6. The SMILES string of the molecule is COc1cc(C(=O)OCC(=O)N2CC(C)OC(C)C2)ccc1OCc1ccccc1Cl. The van der Waals surface area contributed by atoms with Gasteiger partial charge in [-0.2, -0.15) is 0 Å². The Morgan fingerprint density at radius 2 is 1.81 bits per heavy atom. The van der Waals surface area contributed by atoms with Crippen LogP contribution in [-0.4, -0.2) is 55.8 Å². The number of rotatable bonds is 7. The highest BCUT2D eigenvalue weighted by Crippen LogP contribution is 2.30. The molecule has 0 radical (unpaired) electrons. The zero-order chi connectivity index (χ0) is 22.4. The second-order valence-electron chi connectivity index (χ2n) is 7.38. The predicted octanol–water partition coefficient (Wildman–Crippen LogP) is 3.72. The minimum Gasteiger partial charge on any atom is -0.493 e. The second kappa shape index (κ2) is 10.5. The van der Waals surface area contributed by atoms with Gasteiger partial charge in [-0.15, -0.1) is 0 Å². The minimum atomic E-state index is -0.612. The van der Waals surface area contributed by atoms with Crippen LogP contribution < -0.4 is 9.47 Å². The molecule has 1 amide bonds. The Morgan fingerprint density at radius 1 is 1.10 bits per heavy atom. The molecule has 1 saturated heterocycles. The summed E-state index contributed by atoms with van der Waals surface area (Å²) in [5, 5.41) is 0.607.